The number of rotatable bonds is 8. The molecule has 0 radical (unpaired) electrons. The number of amides is 2. The molecule has 0 aliphatic carbocycles. The molecule has 2 aromatic heterocycles. The van der Waals surface area contributed by atoms with Crippen molar-refractivity contribution in [1.29, 1.82) is 0 Å². The maximum Gasteiger partial charge on any atom is 0.417 e. The van der Waals surface area contributed by atoms with E-state index < -0.39 is 34.6 Å². The maximum atomic E-state index is 15.0. The van der Waals surface area contributed by atoms with Crippen LogP contribution in [0.15, 0.2) is 60.9 Å². The van der Waals surface area contributed by atoms with Crippen molar-refractivity contribution in [1.82, 2.24) is 25.1 Å². The summed E-state index contributed by atoms with van der Waals surface area (Å²) < 4.78 is 62.8. The molecule has 3 heterocycles. The van der Waals surface area contributed by atoms with Crippen LogP contribution in [-0.4, -0.2) is 51.3 Å². The van der Waals surface area contributed by atoms with Crippen LogP contribution in [0.5, 0.6) is 0 Å². The molecule has 1 atom stereocenters. The molecule has 218 valence electrons. The fourth-order valence-corrected chi connectivity index (χ4v) is 4.56. The van der Waals surface area contributed by atoms with Crippen molar-refractivity contribution in [2.24, 2.45) is 13.0 Å². The monoisotopic (exact) mass is 582 g/mol. The van der Waals surface area contributed by atoms with E-state index in [1.165, 1.54) is 30.2 Å². The van der Waals surface area contributed by atoms with Crippen molar-refractivity contribution in [3.63, 3.8) is 0 Å². The Labute approximate surface area is 237 Å². The van der Waals surface area contributed by atoms with Crippen LogP contribution in [0.2, 0.25) is 0 Å². The van der Waals surface area contributed by atoms with Crippen LogP contribution in [-0.2, 0) is 29.2 Å². The fraction of sp³-hybridized carbons (Fsp3) is 0.276. The summed E-state index contributed by atoms with van der Waals surface area (Å²) in [6.07, 6.45) is -1.42. The lowest BCUT2D eigenvalue weighted by Gasteiger charge is -2.15. The SMILES string of the molecule is Cn1ccc(-c2cc(C(=O)Nc3cnc(CC(=O)NCC4CCOC4)nc3-c3ccccc3)c(F)cc2C(F)(F)F)n1. The molecular formula is C29H26F4N6O3. The van der Waals surface area contributed by atoms with E-state index in [2.05, 4.69) is 25.7 Å². The molecule has 2 aromatic carbocycles. The van der Waals surface area contributed by atoms with Gasteiger partial charge in [-0.05, 0) is 24.6 Å². The highest BCUT2D eigenvalue weighted by molar-refractivity contribution is 6.06. The second-order valence-corrected chi connectivity index (χ2v) is 9.83. The molecule has 5 rings (SSSR count). The minimum Gasteiger partial charge on any atom is -0.381 e. The summed E-state index contributed by atoms with van der Waals surface area (Å²) in [5.41, 5.74) is -1.49. The number of halogens is 4. The second-order valence-electron chi connectivity index (χ2n) is 9.83. The van der Waals surface area contributed by atoms with Gasteiger partial charge in [0.25, 0.3) is 5.91 Å². The molecule has 1 aliphatic heterocycles. The van der Waals surface area contributed by atoms with E-state index in [9.17, 15) is 27.2 Å². The van der Waals surface area contributed by atoms with Crippen LogP contribution in [0.25, 0.3) is 22.5 Å². The number of benzene rings is 2. The summed E-state index contributed by atoms with van der Waals surface area (Å²) in [4.78, 5) is 34.5. The summed E-state index contributed by atoms with van der Waals surface area (Å²) in [5, 5.41) is 9.37. The molecule has 1 saturated heterocycles. The number of anilines is 1. The number of hydrogen-bond donors (Lipinski definition) is 2. The van der Waals surface area contributed by atoms with E-state index in [0.29, 0.717) is 25.3 Å². The topological polar surface area (TPSA) is 111 Å². The zero-order valence-electron chi connectivity index (χ0n) is 22.4. The quantitative estimate of drug-likeness (QED) is 0.293. The Kier molecular flexibility index (Phi) is 8.29. The Hall–Kier alpha value is -4.65. The third-order valence-corrected chi connectivity index (χ3v) is 6.71. The standard InChI is InChI=1S/C29H26F4N6O3/c1-39-9-7-23(38-39)19-11-20(22(30)12-21(19)29(31,32)33)28(41)36-24-15-34-25(37-27(24)18-5-3-2-4-6-18)13-26(40)35-14-17-8-10-42-16-17/h2-7,9,11-12,15,17H,8,10,13-14,16H2,1H3,(H,35,40)(H,36,41). The summed E-state index contributed by atoms with van der Waals surface area (Å²) in [7, 11) is 1.52. The van der Waals surface area contributed by atoms with E-state index in [-0.39, 0.29) is 47.2 Å². The van der Waals surface area contributed by atoms with Gasteiger partial charge in [0.05, 0.1) is 47.4 Å². The smallest absolute Gasteiger partial charge is 0.381 e. The molecular weight excluding hydrogens is 556 g/mol. The lowest BCUT2D eigenvalue weighted by molar-refractivity contribution is -0.137. The molecule has 1 aliphatic rings. The highest BCUT2D eigenvalue weighted by Gasteiger charge is 2.36. The first kappa shape index (κ1) is 28.9. The summed E-state index contributed by atoms with van der Waals surface area (Å²) in [6.45, 7) is 1.72. The van der Waals surface area contributed by atoms with Crippen LogP contribution in [0.4, 0.5) is 23.2 Å². The van der Waals surface area contributed by atoms with E-state index in [1.54, 1.807) is 30.3 Å². The minimum atomic E-state index is -4.88. The molecule has 42 heavy (non-hydrogen) atoms. The number of alkyl halides is 3. The van der Waals surface area contributed by atoms with Crippen molar-refractivity contribution in [3.8, 4) is 22.5 Å². The van der Waals surface area contributed by atoms with Gasteiger partial charge < -0.3 is 15.4 Å². The maximum absolute atomic E-state index is 15.0. The predicted molar refractivity (Wildman–Crippen MR) is 145 cm³/mol. The molecule has 0 saturated carbocycles. The van der Waals surface area contributed by atoms with Gasteiger partial charge in [-0.3, -0.25) is 14.3 Å². The van der Waals surface area contributed by atoms with Crippen LogP contribution < -0.4 is 10.6 Å². The fourth-order valence-electron chi connectivity index (χ4n) is 4.56. The van der Waals surface area contributed by atoms with E-state index >= 15 is 0 Å². The molecule has 13 heteroatoms. The van der Waals surface area contributed by atoms with Gasteiger partial charge in [-0.1, -0.05) is 30.3 Å². The molecule has 9 nitrogen and oxygen atoms in total. The predicted octanol–water partition coefficient (Wildman–Crippen LogP) is 4.65. The van der Waals surface area contributed by atoms with Gasteiger partial charge in [-0.15, -0.1) is 0 Å². The van der Waals surface area contributed by atoms with Gasteiger partial charge >= 0.3 is 6.18 Å². The van der Waals surface area contributed by atoms with Gasteiger partial charge in [0.1, 0.15) is 11.6 Å². The molecule has 1 unspecified atom stereocenters. The Morgan fingerprint density at radius 1 is 1.14 bits per heavy atom. The van der Waals surface area contributed by atoms with Crippen molar-refractivity contribution in [3.05, 3.63) is 83.7 Å². The normalized spacial score (nSPS) is 15.0. The molecule has 2 amide bonds. The second kappa shape index (κ2) is 12.1. The van der Waals surface area contributed by atoms with Crippen LogP contribution >= 0.6 is 0 Å². The lowest BCUT2D eigenvalue weighted by Crippen LogP contribution is -2.31. The zero-order chi connectivity index (χ0) is 29.9. The Morgan fingerprint density at radius 3 is 2.60 bits per heavy atom. The van der Waals surface area contributed by atoms with Gasteiger partial charge in [-0.2, -0.15) is 18.3 Å². The Balaban J connectivity index is 1.43. The van der Waals surface area contributed by atoms with Gasteiger partial charge in [-0.25, -0.2) is 14.4 Å². The number of nitrogens with zero attached hydrogens (tertiary/aromatic N) is 4. The van der Waals surface area contributed by atoms with Crippen molar-refractivity contribution in [2.75, 3.05) is 25.1 Å². The van der Waals surface area contributed by atoms with Gasteiger partial charge in [0.2, 0.25) is 5.91 Å². The molecule has 1 fully saturated rings. The first-order valence-electron chi connectivity index (χ1n) is 13.1. The number of aromatic nitrogens is 4. The average Bonchev–Trinajstić information content (AvgIpc) is 3.64. The first-order chi connectivity index (χ1) is 20.1. The van der Waals surface area contributed by atoms with Crippen molar-refractivity contribution < 1.29 is 31.9 Å². The molecule has 4 aromatic rings. The van der Waals surface area contributed by atoms with Crippen LogP contribution in [0.1, 0.15) is 28.2 Å². The number of aryl methyl sites for hydroxylation is 1. The summed E-state index contributed by atoms with van der Waals surface area (Å²) in [5.74, 6) is -2.22. The zero-order valence-corrected chi connectivity index (χ0v) is 22.4. The Bertz CT molecular complexity index is 1600. The van der Waals surface area contributed by atoms with Crippen molar-refractivity contribution in [2.45, 2.75) is 19.0 Å². The lowest BCUT2D eigenvalue weighted by atomic mass is 9.99. The minimum absolute atomic E-state index is 0.0738. The highest BCUT2D eigenvalue weighted by Crippen LogP contribution is 2.38. The Morgan fingerprint density at radius 2 is 1.93 bits per heavy atom. The first-order valence-corrected chi connectivity index (χ1v) is 13.1. The molecule has 0 spiro atoms. The van der Waals surface area contributed by atoms with E-state index in [1.807, 2.05) is 0 Å². The largest absolute Gasteiger partial charge is 0.417 e. The van der Waals surface area contributed by atoms with E-state index in [0.717, 1.165) is 12.5 Å². The summed E-state index contributed by atoms with van der Waals surface area (Å²) >= 11 is 0. The summed E-state index contributed by atoms with van der Waals surface area (Å²) in [6, 6.07) is 11.2. The van der Waals surface area contributed by atoms with Crippen molar-refractivity contribution >= 4 is 17.5 Å². The number of nitrogens with one attached hydrogen (secondary N) is 2. The number of hydrogen-bond acceptors (Lipinski definition) is 6. The van der Waals surface area contributed by atoms with E-state index in [4.69, 9.17) is 4.74 Å². The molecule has 0 bridgehead atoms. The number of carbonyl (C=O) groups is 2. The van der Waals surface area contributed by atoms with Crippen LogP contribution in [0.3, 0.4) is 0 Å². The third kappa shape index (κ3) is 6.62. The number of carbonyl (C=O) groups excluding carboxylic acids is 2. The van der Waals surface area contributed by atoms with Crippen LogP contribution in [0, 0.1) is 11.7 Å². The van der Waals surface area contributed by atoms with Gasteiger partial charge in [0.15, 0.2) is 0 Å². The third-order valence-electron chi connectivity index (χ3n) is 6.71. The van der Waals surface area contributed by atoms with Gasteiger partial charge in [0, 0.05) is 43.4 Å². The average molecular weight is 583 g/mol. The molecule has 2 N–H and O–H groups in total. The number of ether oxygens (including phenoxy) is 1. The highest BCUT2D eigenvalue weighted by atomic mass is 19.4.